The minimum Gasteiger partial charge on any atom is -0.407 e. The molecule has 0 bridgehead atoms. The monoisotopic (exact) mass is 359 g/mol. The molecular formula is C15H26N2O6Si. The number of aliphatic hydroxyl groups excluding tert-OH is 2. The van der Waals surface area contributed by atoms with Crippen molar-refractivity contribution in [2.75, 3.05) is 6.61 Å². The van der Waals surface area contributed by atoms with E-state index in [1.54, 1.807) is 0 Å². The Hall–Kier alpha value is -1.26. The maximum absolute atomic E-state index is 12.1. The first-order chi connectivity index (χ1) is 11.5. The van der Waals surface area contributed by atoms with Crippen LogP contribution in [0.4, 0.5) is 0 Å². The molecule has 1 saturated heterocycles. The van der Waals surface area contributed by atoms with Gasteiger partial charge in [-0.15, -0.1) is 0 Å². The van der Waals surface area contributed by atoms with E-state index in [1.165, 1.54) is 16.8 Å². The summed E-state index contributed by atoms with van der Waals surface area (Å²) < 4.78 is 20.1. The Labute approximate surface area is 142 Å². The second-order valence-corrected chi connectivity index (χ2v) is 12.3. The van der Waals surface area contributed by atoms with Gasteiger partial charge in [0.15, 0.2) is 14.5 Å². The molecule has 9 heteroatoms. The fourth-order valence-corrected chi connectivity index (χ4v) is 3.64. The average Bonchev–Trinajstić information content (AvgIpc) is 2.75. The van der Waals surface area contributed by atoms with Crippen LogP contribution < -0.4 is 11.2 Å². The van der Waals surface area contributed by atoms with Crippen LogP contribution >= 0.6 is 0 Å². The van der Waals surface area contributed by atoms with Crippen LogP contribution in [-0.2, 0) is 9.16 Å². The molecular weight excluding hydrogens is 332 g/mol. The topological polar surface area (TPSA) is 114 Å². The largest absolute Gasteiger partial charge is 0.407 e. The van der Waals surface area contributed by atoms with Crippen LogP contribution in [0, 0.1) is 0 Å². The molecule has 0 spiro atoms. The summed E-state index contributed by atoms with van der Waals surface area (Å²) >= 11 is 0. The smallest absolute Gasteiger partial charge is 0.330 e. The van der Waals surface area contributed by atoms with E-state index < -0.39 is 44.1 Å². The summed E-state index contributed by atoms with van der Waals surface area (Å²) in [5.74, 6) is 0. The zero-order valence-corrected chi connectivity index (χ0v) is 15.6. The number of aromatic nitrogens is 2. The fourth-order valence-electron chi connectivity index (χ4n) is 2.35. The van der Waals surface area contributed by atoms with E-state index in [2.05, 4.69) is 30.9 Å². The molecule has 1 aliphatic rings. The molecule has 1 aromatic rings. The van der Waals surface area contributed by atoms with E-state index in [4.69, 9.17) is 10.6 Å². The van der Waals surface area contributed by atoms with Crippen molar-refractivity contribution in [3.63, 3.8) is 0 Å². The van der Waals surface area contributed by atoms with Crippen LogP contribution in [0.5, 0.6) is 0 Å². The van der Waals surface area contributed by atoms with Crippen LogP contribution in [-0.4, -0.2) is 54.4 Å². The minimum atomic E-state index is -2.28. The van der Waals surface area contributed by atoms with Crippen molar-refractivity contribution in [1.82, 2.24) is 9.55 Å². The van der Waals surface area contributed by atoms with E-state index in [1.807, 2.05) is 13.1 Å². The predicted octanol–water partition coefficient (Wildman–Crippen LogP) is 0.178. The van der Waals surface area contributed by atoms with Crippen molar-refractivity contribution in [1.29, 1.82) is 1.43 Å². The number of H-pyrrole nitrogens is 1. The Morgan fingerprint density at radius 1 is 1.46 bits per heavy atom. The number of nitrogens with zero attached hydrogens (tertiary/aromatic N) is 1. The van der Waals surface area contributed by atoms with Crippen LogP contribution in [0.1, 0.15) is 27.0 Å². The quantitative estimate of drug-likeness (QED) is 0.646. The van der Waals surface area contributed by atoms with Crippen LogP contribution in [0.25, 0.3) is 0 Å². The molecule has 0 aromatic carbocycles. The predicted molar refractivity (Wildman–Crippen MR) is 90.4 cm³/mol. The third-order valence-electron chi connectivity index (χ3n) is 4.84. The molecule has 0 radical (unpaired) electrons. The Kier molecular flexibility index (Phi) is 4.80. The first kappa shape index (κ1) is 17.6. The van der Waals surface area contributed by atoms with Crippen molar-refractivity contribution in [2.45, 2.75) is 63.4 Å². The molecule has 0 aliphatic carbocycles. The molecule has 1 fully saturated rings. The van der Waals surface area contributed by atoms with Gasteiger partial charge in [0.05, 0.1) is 6.61 Å². The molecule has 2 heterocycles. The second-order valence-electron chi connectivity index (χ2n) is 7.58. The normalized spacial score (nSPS) is 28.8. The highest BCUT2D eigenvalue weighted by molar-refractivity contribution is 6.74. The van der Waals surface area contributed by atoms with E-state index in [9.17, 15) is 14.7 Å². The molecule has 4 atom stereocenters. The van der Waals surface area contributed by atoms with Gasteiger partial charge in [-0.05, 0) is 18.1 Å². The van der Waals surface area contributed by atoms with E-state index in [0.29, 0.717) is 0 Å². The number of aliphatic hydroxyl groups is 2. The average molecular weight is 359 g/mol. The Bertz CT molecular complexity index is 713. The van der Waals surface area contributed by atoms with E-state index in [-0.39, 0.29) is 11.6 Å². The second kappa shape index (κ2) is 6.56. The van der Waals surface area contributed by atoms with Gasteiger partial charge in [-0.1, -0.05) is 20.8 Å². The van der Waals surface area contributed by atoms with E-state index >= 15 is 0 Å². The van der Waals surface area contributed by atoms with Crippen molar-refractivity contribution >= 4 is 8.32 Å². The molecule has 8 nitrogen and oxygen atoms in total. The summed E-state index contributed by atoms with van der Waals surface area (Å²) in [6, 6.07) is 1.20. The van der Waals surface area contributed by atoms with Gasteiger partial charge in [-0.25, -0.2) is 4.79 Å². The molecule has 24 heavy (non-hydrogen) atoms. The molecule has 3 N–H and O–H groups in total. The maximum Gasteiger partial charge on any atom is 0.330 e. The molecule has 0 saturated carbocycles. The lowest BCUT2D eigenvalue weighted by molar-refractivity contribution is -0.0534. The fraction of sp³-hybridized carbons (Fsp3) is 0.733. The lowest BCUT2D eigenvalue weighted by Crippen LogP contribution is -2.49. The summed E-state index contributed by atoms with van der Waals surface area (Å²) in [5, 5.41) is 14.8. The number of hydrogen-bond acceptors (Lipinski definition) is 6. The number of nitrogens with one attached hydrogen (secondary N) is 1. The SMILES string of the molecule is [2H]OC[C@H]1O[C@@H](n2ccc(=O)[nH]c2=O)[C@@H](O[Si](C)(C)C(C)(C)C)C1O. The Morgan fingerprint density at radius 3 is 2.67 bits per heavy atom. The molecule has 1 aromatic heterocycles. The van der Waals surface area contributed by atoms with Crippen molar-refractivity contribution in [3.8, 4) is 0 Å². The Balaban J connectivity index is 2.40. The standard InChI is InChI=1S/C15H26N2O6Si/c1-15(2,3)24(4,5)23-12-11(20)9(8-18)22-13(12)17-7-6-10(19)16-14(17)21/h6-7,9,11-13,18,20H,8H2,1-5H3,(H,16,19,21)/t9-,11?,12+,13-/m1/s1/i18D. The first-order valence-electron chi connectivity index (χ1n) is 8.29. The van der Waals surface area contributed by atoms with Gasteiger partial charge in [-0.2, -0.15) is 0 Å². The van der Waals surface area contributed by atoms with Gasteiger partial charge in [0.25, 0.3) is 5.56 Å². The van der Waals surface area contributed by atoms with Gasteiger partial charge >= 0.3 is 5.69 Å². The highest BCUT2D eigenvalue weighted by atomic mass is 28.4. The van der Waals surface area contributed by atoms with Gasteiger partial charge in [0.1, 0.15) is 18.3 Å². The highest BCUT2D eigenvalue weighted by Gasteiger charge is 2.50. The third-order valence-corrected chi connectivity index (χ3v) is 9.31. The van der Waals surface area contributed by atoms with Crippen LogP contribution in [0.15, 0.2) is 21.9 Å². The van der Waals surface area contributed by atoms with Gasteiger partial charge < -0.3 is 19.4 Å². The minimum absolute atomic E-state index is 0.114. The maximum atomic E-state index is 12.1. The van der Waals surface area contributed by atoms with Gasteiger partial charge in [-0.3, -0.25) is 14.3 Å². The first-order valence-corrected chi connectivity index (χ1v) is 10.8. The highest BCUT2D eigenvalue weighted by Crippen LogP contribution is 2.41. The summed E-state index contributed by atoms with van der Waals surface area (Å²) in [7, 11) is -2.28. The number of ether oxygens (including phenoxy) is 1. The number of hydrogen-bond donors (Lipinski definition) is 3. The Morgan fingerprint density at radius 2 is 2.12 bits per heavy atom. The summed E-state index contributed by atoms with van der Waals surface area (Å²) in [6.07, 6.45) is -2.30. The molecule has 2 rings (SSSR count). The zero-order chi connectivity index (χ0) is 19.0. The lowest BCUT2D eigenvalue weighted by atomic mass is 10.1. The molecule has 0 amide bonds. The summed E-state index contributed by atoms with van der Waals surface area (Å²) in [4.78, 5) is 25.6. The van der Waals surface area contributed by atoms with Crippen molar-refractivity contribution < 1.29 is 19.4 Å². The lowest BCUT2D eigenvalue weighted by Gasteiger charge is -2.40. The third kappa shape index (κ3) is 3.54. The number of rotatable bonds is 5. The summed E-state index contributed by atoms with van der Waals surface area (Å²) in [5.41, 5.74) is -1.17. The van der Waals surface area contributed by atoms with Gasteiger partial charge in [0.2, 0.25) is 1.43 Å². The zero-order valence-electron chi connectivity index (χ0n) is 15.6. The van der Waals surface area contributed by atoms with Crippen molar-refractivity contribution in [3.05, 3.63) is 33.1 Å². The van der Waals surface area contributed by atoms with Crippen LogP contribution in [0.2, 0.25) is 18.1 Å². The number of aromatic amines is 1. The molecule has 1 unspecified atom stereocenters. The molecule has 136 valence electrons. The van der Waals surface area contributed by atoms with Crippen molar-refractivity contribution in [2.24, 2.45) is 0 Å². The van der Waals surface area contributed by atoms with Crippen LogP contribution in [0.3, 0.4) is 0 Å². The summed E-state index contributed by atoms with van der Waals surface area (Å²) in [6.45, 7) is 10.1. The van der Waals surface area contributed by atoms with Gasteiger partial charge in [0, 0.05) is 12.3 Å². The van der Waals surface area contributed by atoms with E-state index in [0.717, 1.165) is 0 Å². The molecule has 1 aliphatic heterocycles.